The van der Waals surface area contributed by atoms with Crippen molar-refractivity contribution in [3.05, 3.63) is 58.1 Å². The molecule has 0 heterocycles. The van der Waals surface area contributed by atoms with Gasteiger partial charge in [0.1, 0.15) is 17.5 Å². The lowest BCUT2D eigenvalue weighted by Gasteiger charge is -2.19. The number of aliphatic carboxylic acids is 1. The predicted molar refractivity (Wildman–Crippen MR) is 106 cm³/mol. The Morgan fingerprint density at radius 3 is 2.10 bits per heavy atom. The number of guanidine groups is 1. The van der Waals surface area contributed by atoms with Gasteiger partial charge in [0, 0.05) is 11.1 Å². The van der Waals surface area contributed by atoms with E-state index in [0.29, 0.717) is 0 Å². The minimum Gasteiger partial charge on any atom is -0.507 e. The van der Waals surface area contributed by atoms with Crippen LogP contribution in [0.4, 0.5) is 0 Å². The van der Waals surface area contributed by atoms with Crippen molar-refractivity contribution >= 4 is 29.5 Å². The highest BCUT2D eigenvalue weighted by molar-refractivity contribution is 6.30. The Morgan fingerprint density at radius 1 is 0.935 bits per heavy atom. The summed E-state index contributed by atoms with van der Waals surface area (Å²) in [5.74, 6) is -4.90. The van der Waals surface area contributed by atoms with Crippen molar-refractivity contribution in [1.29, 1.82) is 0 Å². The first-order valence-corrected chi connectivity index (χ1v) is 8.51. The highest BCUT2D eigenvalue weighted by Gasteiger charge is 2.34. The molecule has 0 fully saturated rings. The van der Waals surface area contributed by atoms with E-state index in [1.54, 1.807) is 0 Å². The molecule has 0 radical (unpaired) electrons. The molecule has 0 aliphatic heterocycles. The van der Waals surface area contributed by atoms with Crippen LogP contribution in [-0.4, -0.2) is 62.5 Å². The van der Waals surface area contributed by atoms with E-state index >= 15 is 0 Å². The van der Waals surface area contributed by atoms with Crippen LogP contribution < -0.4 is 17.2 Å². The summed E-state index contributed by atoms with van der Waals surface area (Å²) in [6.45, 7) is -0.0856. The molecule has 2 aromatic rings. The summed E-state index contributed by atoms with van der Waals surface area (Å²) in [5.41, 5.74) is 13.9. The van der Waals surface area contributed by atoms with E-state index in [-0.39, 0.29) is 46.1 Å². The number of hydrogen-bond donors (Lipinski definition) is 7. The van der Waals surface area contributed by atoms with Crippen LogP contribution >= 0.6 is 0 Å². The van der Waals surface area contributed by atoms with Gasteiger partial charge in [0.05, 0.1) is 23.2 Å². The summed E-state index contributed by atoms with van der Waals surface area (Å²) < 4.78 is 0. The monoisotopic (exact) mass is 430 g/mol. The fourth-order valence-corrected chi connectivity index (χ4v) is 2.69. The first kappa shape index (κ1) is 22.8. The molecular formula is C19H18N4O8. The Hall–Kier alpha value is -4.45. The molecule has 0 spiro atoms. The largest absolute Gasteiger partial charge is 0.507 e. The number of carboxylic acid groups (broad SMARTS) is 2. The number of nitrogens with zero attached hydrogens (tertiary/aromatic N) is 1. The van der Waals surface area contributed by atoms with Crippen LogP contribution in [0.2, 0.25) is 0 Å². The van der Waals surface area contributed by atoms with Gasteiger partial charge in [-0.15, -0.1) is 0 Å². The lowest BCUT2D eigenvalue weighted by molar-refractivity contribution is -0.138. The number of carboxylic acids is 2. The molecule has 1 aliphatic carbocycles. The van der Waals surface area contributed by atoms with Crippen molar-refractivity contribution in [3.8, 4) is 11.5 Å². The molecule has 12 heteroatoms. The molecule has 0 saturated heterocycles. The number of phenolic OH excluding ortho intramolecular Hbond substituents is 2. The first-order valence-electron chi connectivity index (χ1n) is 8.51. The quantitative estimate of drug-likeness (QED) is 0.200. The second-order valence-electron chi connectivity index (χ2n) is 6.29. The van der Waals surface area contributed by atoms with E-state index in [4.69, 9.17) is 27.4 Å². The number of phenols is 2. The summed E-state index contributed by atoms with van der Waals surface area (Å²) in [6, 6.07) is 4.95. The number of fused-ring (bicyclic) bond motifs is 2. The molecule has 1 atom stereocenters. The normalized spacial score (nSPS) is 12.5. The van der Waals surface area contributed by atoms with Crippen LogP contribution in [0, 0.1) is 0 Å². The van der Waals surface area contributed by atoms with Crippen molar-refractivity contribution in [2.45, 2.75) is 6.04 Å². The minimum atomic E-state index is -1.32. The van der Waals surface area contributed by atoms with E-state index in [0.717, 1.165) is 12.1 Å². The summed E-state index contributed by atoms with van der Waals surface area (Å²) in [4.78, 5) is 49.1. The number of carbonyl (C=O) groups excluding carboxylic acids is 2. The molecule has 3 rings (SSSR count). The van der Waals surface area contributed by atoms with Gasteiger partial charge in [0.2, 0.25) is 5.78 Å². The van der Waals surface area contributed by atoms with Gasteiger partial charge < -0.3 is 37.6 Å². The molecule has 31 heavy (non-hydrogen) atoms. The number of rotatable bonds is 4. The molecule has 0 bridgehead atoms. The second-order valence-corrected chi connectivity index (χ2v) is 6.29. The van der Waals surface area contributed by atoms with Crippen LogP contribution in [0.3, 0.4) is 0 Å². The van der Waals surface area contributed by atoms with E-state index in [1.165, 1.54) is 18.2 Å². The van der Waals surface area contributed by atoms with Crippen LogP contribution in [0.25, 0.3) is 0 Å². The van der Waals surface area contributed by atoms with Crippen molar-refractivity contribution in [3.63, 3.8) is 0 Å². The van der Waals surface area contributed by atoms with Crippen LogP contribution in [-0.2, 0) is 4.79 Å². The van der Waals surface area contributed by atoms with Crippen LogP contribution in [0.15, 0.2) is 35.3 Å². The summed E-state index contributed by atoms with van der Waals surface area (Å²) in [6.07, 6.45) is 0. The van der Waals surface area contributed by atoms with E-state index in [1.807, 2.05) is 0 Å². The number of aromatic hydroxyl groups is 2. The lowest BCUT2D eigenvalue weighted by atomic mass is 9.82. The number of aromatic carboxylic acids is 1. The standard InChI is InChI=1S/C15H8O6.C4H10N4O2/c16-9-3-1-2-7-11(9)14(19)12-8(13(7)18)4-6(15(20)21)5-10(12)17;5-2(3(9)10)1-8-4(6)7/h1-5,16-17H,(H,20,21);2H,1,5H2,(H,9,10)(H4,6,7,8)/t;2-/m.0/s1. The zero-order chi connectivity index (χ0) is 23.5. The number of nitrogens with two attached hydrogens (primary N) is 3. The number of hydrogen-bond acceptors (Lipinski definition) is 8. The highest BCUT2D eigenvalue weighted by atomic mass is 16.4. The van der Waals surface area contributed by atoms with E-state index in [9.17, 15) is 29.4 Å². The fraction of sp³-hybridized carbons (Fsp3) is 0.105. The lowest BCUT2D eigenvalue weighted by Crippen LogP contribution is -2.35. The molecule has 12 nitrogen and oxygen atoms in total. The molecule has 2 aromatic carbocycles. The van der Waals surface area contributed by atoms with Crippen LogP contribution in [0.1, 0.15) is 42.2 Å². The molecule has 162 valence electrons. The number of aliphatic imine (C=N–C) groups is 1. The predicted octanol–water partition coefficient (Wildman–Crippen LogP) is -0.757. The maximum absolute atomic E-state index is 12.4. The Labute approximate surface area is 174 Å². The van der Waals surface area contributed by atoms with Gasteiger partial charge in [0.15, 0.2) is 11.7 Å². The maximum atomic E-state index is 12.4. The number of benzene rings is 2. The van der Waals surface area contributed by atoms with E-state index < -0.39 is 35.3 Å². The smallest absolute Gasteiger partial charge is 0.335 e. The Morgan fingerprint density at radius 2 is 1.55 bits per heavy atom. The SMILES string of the molecule is NC(N)=NC[C@H](N)C(=O)O.O=C(O)c1cc(O)c2c(c1)C(=O)c1cccc(O)c1C2=O. The van der Waals surface area contributed by atoms with E-state index in [2.05, 4.69) is 4.99 Å². The zero-order valence-corrected chi connectivity index (χ0v) is 15.8. The molecular weight excluding hydrogens is 412 g/mol. The topological polar surface area (TPSA) is 240 Å². The highest BCUT2D eigenvalue weighted by Crippen LogP contribution is 2.37. The molecule has 1 aliphatic rings. The summed E-state index contributed by atoms with van der Waals surface area (Å²) >= 11 is 0. The van der Waals surface area contributed by atoms with Gasteiger partial charge in [-0.3, -0.25) is 19.4 Å². The molecule has 10 N–H and O–H groups in total. The summed E-state index contributed by atoms with van der Waals surface area (Å²) in [7, 11) is 0. The number of carbonyl (C=O) groups is 4. The second kappa shape index (κ2) is 8.92. The Kier molecular flexibility index (Phi) is 6.57. The summed E-state index contributed by atoms with van der Waals surface area (Å²) in [5, 5.41) is 36.8. The van der Waals surface area contributed by atoms with Crippen molar-refractivity contribution in [2.24, 2.45) is 22.2 Å². The van der Waals surface area contributed by atoms with Gasteiger partial charge in [0.25, 0.3) is 0 Å². The van der Waals surface area contributed by atoms with Crippen molar-refractivity contribution in [1.82, 2.24) is 0 Å². The Balaban J connectivity index is 0.000000291. The first-order chi connectivity index (χ1) is 14.5. The number of ketones is 2. The third-order valence-corrected chi connectivity index (χ3v) is 4.14. The average Bonchev–Trinajstić information content (AvgIpc) is 2.69. The Bertz CT molecular complexity index is 1120. The minimum absolute atomic E-state index is 0.0190. The van der Waals surface area contributed by atoms with Gasteiger partial charge in [-0.1, -0.05) is 12.1 Å². The maximum Gasteiger partial charge on any atom is 0.335 e. The third-order valence-electron chi connectivity index (χ3n) is 4.14. The average molecular weight is 430 g/mol. The van der Waals surface area contributed by atoms with Gasteiger partial charge >= 0.3 is 11.9 Å². The molecule has 0 unspecified atom stereocenters. The molecule has 0 saturated carbocycles. The fourth-order valence-electron chi connectivity index (χ4n) is 2.69. The zero-order valence-electron chi connectivity index (χ0n) is 15.8. The molecule has 0 amide bonds. The van der Waals surface area contributed by atoms with Crippen molar-refractivity contribution < 1.29 is 39.6 Å². The van der Waals surface area contributed by atoms with Gasteiger partial charge in [-0.25, -0.2) is 4.79 Å². The van der Waals surface area contributed by atoms with Gasteiger partial charge in [-0.2, -0.15) is 0 Å². The molecule has 0 aromatic heterocycles. The third kappa shape index (κ3) is 4.76. The van der Waals surface area contributed by atoms with Crippen LogP contribution in [0.5, 0.6) is 11.5 Å². The van der Waals surface area contributed by atoms with Gasteiger partial charge in [-0.05, 0) is 18.2 Å². The van der Waals surface area contributed by atoms with Crippen molar-refractivity contribution in [2.75, 3.05) is 6.54 Å².